The number of hydrogen-bond donors (Lipinski definition) is 4. The van der Waals surface area contributed by atoms with E-state index >= 15 is 0 Å². The van der Waals surface area contributed by atoms with Gasteiger partial charge in [0.05, 0.1) is 40.9 Å². The number of methoxy groups -OCH3 is 1. The molecule has 2 atom stereocenters. The number of anilines is 2. The molecule has 4 N–H and O–H groups in total. The molecule has 0 unspecified atom stereocenters. The monoisotopic (exact) mass is 585 g/mol. The van der Waals surface area contributed by atoms with Crippen molar-refractivity contribution in [2.24, 2.45) is 0 Å². The summed E-state index contributed by atoms with van der Waals surface area (Å²) in [5.41, 5.74) is 10.1. The molecule has 1 fully saturated rings. The smallest absolute Gasteiger partial charge is 0.212 e. The van der Waals surface area contributed by atoms with Crippen LogP contribution in [0.4, 0.5) is 15.8 Å². The predicted molar refractivity (Wildman–Crippen MR) is 161 cm³/mol. The number of ether oxygens (including phenoxy) is 1. The van der Waals surface area contributed by atoms with Crippen LogP contribution >= 0.6 is 11.6 Å². The van der Waals surface area contributed by atoms with E-state index in [-0.39, 0.29) is 6.04 Å². The van der Waals surface area contributed by atoms with Crippen molar-refractivity contribution in [3.8, 4) is 6.07 Å². The Morgan fingerprint density at radius 3 is 2.71 bits per heavy atom. The molecule has 1 aliphatic carbocycles. The topological polar surface area (TPSA) is 110 Å². The molecular formula is C31H30ClFN8O. The lowest BCUT2D eigenvalue weighted by atomic mass is 10.0. The van der Waals surface area contributed by atoms with Crippen molar-refractivity contribution >= 4 is 33.9 Å². The second kappa shape index (κ2) is 12.2. The summed E-state index contributed by atoms with van der Waals surface area (Å²) in [4.78, 5) is 8.29. The highest BCUT2D eigenvalue weighted by atomic mass is 35.5. The van der Waals surface area contributed by atoms with Crippen LogP contribution in [0.15, 0.2) is 78.9 Å². The third-order valence-electron chi connectivity index (χ3n) is 7.26. The Bertz CT molecular complexity index is 1700. The van der Waals surface area contributed by atoms with Crippen molar-refractivity contribution in [1.29, 1.82) is 5.26 Å². The second-order valence-electron chi connectivity index (χ2n) is 10.2. The van der Waals surface area contributed by atoms with Gasteiger partial charge in [0.15, 0.2) is 0 Å². The summed E-state index contributed by atoms with van der Waals surface area (Å²) in [7, 11) is 1.65. The molecule has 42 heavy (non-hydrogen) atoms. The van der Waals surface area contributed by atoms with E-state index in [9.17, 15) is 11.0 Å². The van der Waals surface area contributed by atoms with E-state index in [4.69, 9.17) is 16.3 Å². The Kier molecular flexibility index (Phi) is 7.69. The largest absolute Gasteiger partial charge is 0.385 e. The van der Waals surface area contributed by atoms with E-state index in [0.717, 1.165) is 18.4 Å². The number of halogens is 2. The van der Waals surface area contributed by atoms with Gasteiger partial charge in [-0.1, -0.05) is 48.0 Å². The maximum Gasteiger partial charge on any atom is 0.212 e. The van der Waals surface area contributed by atoms with Gasteiger partial charge in [-0.15, -0.1) is 5.53 Å². The molecular weight excluding hydrogens is 555 g/mol. The van der Waals surface area contributed by atoms with Gasteiger partial charge in [-0.25, -0.2) is 4.98 Å². The van der Waals surface area contributed by atoms with Crippen molar-refractivity contribution < 1.29 is 10.5 Å². The minimum atomic E-state index is -1.60. The predicted octanol–water partition coefficient (Wildman–Crippen LogP) is 5.97. The van der Waals surface area contributed by atoms with Crippen molar-refractivity contribution in [3.63, 3.8) is 0 Å². The number of pyridine rings is 2. The fourth-order valence-corrected chi connectivity index (χ4v) is 5.23. The Morgan fingerprint density at radius 2 is 2.00 bits per heavy atom. The van der Waals surface area contributed by atoms with E-state index in [0.29, 0.717) is 63.2 Å². The Balaban J connectivity index is 1.43. The summed E-state index contributed by atoms with van der Waals surface area (Å²) in [6, 6.07) is 17.0. The van der Waals surface area contributed by atoms with E-state index in [2.05, 4.69) is 37.6 Å². The standard InChI is InChI=1S/C31H30ClFN8O/c1-42-12-11-26(19-5-3-2-4-6-19)38-29-21(15-34)17-36-31-24(29)13-22(14-25(31)32)37-30(20-7-10-28(33)35-16-20)27-18-41(40-39-27)23-8-9-23/h2-7,10,13-14,16-18,23,26,30,37,39-40H,8-9,11-12H2,1H3,(H,36,38)/t26-,30+/m1/s1/i30D. The van der Waals surface area contributed by atoms with Gasteiger partial charge >= 0.3 is 0 Å². The van der Waals surface area contributed by atoms with E-state index in [1.54, 1.807) is 13.2 Å². The van der Waals surface area contributed by atoms with Crippen molar-refractivity contribution in [3.05, 3.63) is 107 Å². The number of hydrogen-bond acceptors (Lipinski definition) is 9. The van der Waals surface area contributed by atoms with E-state index < -0.39 is 12.0 Å². The molecule has 3 heterocycles. The van der Waals surface area contributed by atoms with Crippen LogP contribution in [0, 0.1) is 17.3 Å². The summed E-state index contributed by atoms with van der Waals surface area (Å²) in [6.07, 6.45) is 7.43. The van der Waals surface area contributed by atoms with Gasteiger partial charge < -0.3 is 20.8 Å². The summed E-state index contributed by atoms with van der Waals surface area (Å²) in [6.45, 7) is 0.506. The molecule has 0 amide bonds. The number of fused-ring (bicyclic) bond motifs is 1. The maximum absolute atomic E-state index is 13.8. The Labute approximate surface area is 249 Å². The average molecular weight is 586 g/mol. The number of hydrazine groups is 2. The summed E-state index contributed by atoms with van der Waals surface area (Å²) in [5, 5.41) is 19.8. The minimum Gasteiger partial charge on any atom is -0.385 e. The molecule has 0 bridgehead atoms. The fraction of sp³-hybridized carbons (Fsp3) is 0.258. The fourth-order valence-electron chi connectivity index (χ4n) is 4.96. The average Bonchev–Trinajstić information content (AvgIpc) is 3.75. The van der Waals surface area contributed by atoms with Gasteiger partial charge in [-0.3, -0.25) is 9.99 Å². The van der Waals surface area contributed by atoms with E-state index in [1.807, 2.05) is 47.6 Å². The van der Waals surface area contributed by atoms with Crippen LogP contribution in [-0.2, 0) is 4.74 Å². The minimum absolute atomic E-state index is 0.165. The highest BCUT2D eigenvalue weighted by molar-refractivity contribution is 6.35. The van der Waals surface area contributed by atoms with Crippen molar-refractivity contribution in [1.82, 2.24) is 25.9 Å². The van der Waals surface area contributed by atoms with E-state index in [1.165, 1.54) is 24.5 Å². The van der Waals surface area contributed by atoms with Crippen LogP contribution in [0.3, 0.4) is 0 Å². The second-order valence-corrected chi connectivity index (χ2v) is 10.6. The van der Waals surface area contributed by atoms with Gasteiger partial charge in [0.1, 0.15) is 6.07 Å². The van der Waals surface area contributed by atoms with Crippen LogP contribution in [0.25, 0.3) is 10.9 Å². The van der Waals surface area contributed by atoms with Crippen LogP contribution < -0.4 is 21.6 Å². The number of nitrogens with zero attached hydrogens (tertiary/aromatic N) is 4. The molecule has 214 valence electrons. The molecule has 1 aliphatic heterocycles. The molecule has 2 aromatic carbocycles. The summed E-state index contributed by atoms with van der Waals surface area (Å²) < 4.78 is 28.8. The lowest BCUT2D eigenvalue weighted by molar-refractivity contribution is 0.190. The molecule has 2 aromatic heterocycles. The lowest BCUT2D eigenvalue weighted by Crippen LogP contribution is -2.38. The zero-order valence-corrected chi connectivity index (χ0v) is 23.6. The zero-order valence-electron chi connectivity index (χ0n) is 23.9. The summed E-state index contributed by atoms with van der Waals surface area (Å²) >= 11 is 6.79. The quantitative estimate of drug-likeness (QED) is 0.158. The number of aromatic nitrogens is 2. The summed E-state index contributed by atoms with van der Waals surface area (Å²) in [5.74, 6) is -0.641. The van der Waals surface area contributed by atoms with Crippen LogP contribution in [0.1, 0.15) is 49.4 Å². The molecule has 4 aromatic rings. The van der Waals surface area contributed by atoms with Crippen molar-refractivity contribution in [2.45, 2.75) is 37.4 Å². The third kappa shape index (κ3) is 5.94. The molecule has 9 nitrogen and oxygen atoms in total. The molecule has 11 heteroatoms. The highest BCUT2D eigenvalue weighted by Gasteiger charge is 2.32. The normalized spacial score (nSPS) is 17.0. The molecule has 1 saturated carbocycles. The van der Waals surface area contributed by atoms with Gasteiger partial charge in [-0.2, -0.15) is 9.65 Å². The first-order valence-corrected chi connectivity index (χ1v) is 14.0. The maximum atomic E-state index is 13.8. The number of nitriles is 1. The molecule has 0 spiro atoms. The zero-order chi connectivity index (χ0) is 30.0. The number of benzene rings is 2. The first kappa shape index (κ1) is 26.5. The SMILES string of the molecule is [2H][C@@](Nc1cc(Cl)c2ncc(C#N)c(N[C@H](CCOC)c3ccccc3)c2c1)(C1=CN(C2CC2)NN1)c1ccc(F)nc1. The van der Waals surface area contributed by atoms with Gasteiger partial charge in [0, 0.05) is 49.4 Å². The highest BCUT2D eigenvalue weighted by Crippen LogP contribution is 2.38. The first-order chi connectivity index (χ1) is 20.9. The van der Waals surface area contributed by atoms with Gasteiger partial charge in [0.2, 0.25) is 5.95 Å². The number of rotatable bonds is 11. The van der Waals surface area contributed by atoms with Crippen LogP contribution in [-0.4, -0.2) is 34.7 Å². The van der Waals surface area contributed by atoms with Crippen LogP contribution in [0.5, 0.6) is 0 Å². The molecule has 0 saturated heterocycles. The van der Waals surface area contributed by atoms with Gasteiger partial charge in [0.25, 0.3) is 0 Å². The first-order valence-electron chi connectivity index (χ1n) is 14.1. The lowest BCUT2D eigenvalue weighted by Gasteiger charge is -2.24. The Morgan fingerprint density at radius 1 is 1.17 bits per heavy atom. The molecule has 6 rings (SSSR count). The molecule has 0 radical (unpaired) electrons. The van der Waals surface area contributed by atoms with Gasteiger partial charge in [-0.05, 0) is 48.6 Å². The third-order valence-corrected chi connectivity index (χ3v) is 7.55. The van der Waals surface area contributed by atoms with Crippen LogP contribution in [0.2, 0.25) is 5.02 Å². The van der Waals surface area contributed by atoms with Crippen molar-refractivity contribution in [2.75, 3.05) is 24.4 Å². The Hall–Kier alpha value is -4.43. The molecule has 2 aliphatic rings. The number of nitrogens with one attached hydrogen (secondary N) is 4.